The van der Waals surface area contributed by atoms with Gasteiger partial charge in [0.25, 0.3) is 6.01 Å². The van der Waals surface area contributed by atoms with Crippen molar-refractivity contribution in [3.05, 3.63) is 48.0 Å². The molecule has 0 bridgehead atoms. The van der Waals surface area contributed by atoms with Gasteiger partial charge in [-0.25, -0.2) is 0 Å². The first kappa shape index (κ1) is 20.4. The number of nitrogens with zero attached hydrogens (tertiary/aromatic N) is 3. The molecule has 2 aliphatic heterocycles. The quantitative estimate of drug-likeness (QED) is 0.639. The highest BCUT2D eigenvalue weighted by Gasteiger charge is 2.28. The minimum atomic E-state index is -0.500. The van der Waals surface area contributed by atoms with Crippen molar-refractivity contribution in [1.29, 1.82) is 0 Å². The molecule has 2 fully saturated rings. The number of carbonyl (C=O) groups is 2. The van der Waals surface area contributed by atoms with E-state index in [1.807, 2.05) is 30.3 Å². The summed E-state index contributed by atoms with van der Waals surface area (Å²) in [6.45, 7) is 3.29. The summed E-state index contributed by atoms with van der Waals surface area (Å²) >= 11 is 0. The highest BCUT2D eigenvalue weighted by molar-refractivity contribution is 6.00. The van der Waals surface area contributed by atoms with E-state index in [4.69, 9.17) is 10.2 Å². The molecule has 3 aromatic rings. The van der Waals surface area contributed by atoms with Gasteiger partial charge < -0.3 is 25.3 Å². The maximum Gasteiger partial charge on any atom is 0.298 e. The van der Waals surface area contributed by atoms with Gasteiger partial charge in [0.05, 0.1) is 11.4 Å². The van der Waals surface area contributed by atoms with E-state index in [9.17, 15) is 9.59 Å². The zero-order chi connectivity index (χ0) is 22.1. The van der Waals surface area contributed by atoms with Gasteiger partial charge in [-0.15, -0.1) is 0 Å². The van der Waals surface area contributed by atoms with E-state index in [1.54, 1.807) is 12.1 Å². The fraction of sp³-hybridized carbons (Fsp3) is 0.375. The molecule has 0 saturated carbocycles. The number of hydrogen-bond acceptors (Lipinski definition) is 6. The number of amides is 2. The molecule has 0 atom stereocenters. The Morgan fingerprint density at radius 2 is 1.75 bits per heavy atom. The number of anilines is 3. The van der Waals surface area contributed by atoms with Crippen LogP contribution in [0.3, 0.4) is 0 Å². The summed E-state index contributed by atoms with van der Waals surface area (Å²) in [5.74, 6) is -0.635. The van der Waals surface area contributed by atoms with Crippen LogP contribution in [0.15, 0.2) is 46.9 Å². The second-order valence-corrected chi connectivity index (χ2v) is 8.51. The SMILES string of the molecule is NC(=O)c1ccc(N2CCCC2)c(NC(=O)C2CCN(c3nc4ccccc4o3)CC2)c1. The van der Waals surface area contributed by atoms with Crippen molar-refractivity contribution < 1.29 is 14.0 Å². The lowest BCUT2D eigenvalue weighted by molar-refractivity contribution is -0.120. The average Bonchev–Trinajstić information content (AvgIpc) is 3.49. The molecule has 2 saturated heterocycles. The van der Waals surface area contributed by atoms with Gasteiger partial charge in [0.2, 0.25) is 11.8 Å². The summed E-state index contributed by atoms with van der Waals surface area (Å²) in [5, 5.41) is 3.08. The lowest BCUT2D eigenvalue weighted by atomic mass is 9.96. The average molecular weight is 434 g/mol. The minimum Gasteiger partial charge on any atom is -0.423 e. The second kappa shape index (κ2) is 8.53. The molecular weight excluding hydrogens is 406 g/mol. The van der Waals surface area contributed by atoms with Crippen molar-refractivity contribution in [3.8, 4) is 0 Å². The van der Waals surface area contributed by atoms with E-state index < -0.39 is 5.91 Å². The largest absolute Gasteiger partial charge is 0.423 e. The van der Waals surface area contributed by atoms with Crippen LogP contribution in [0.2, 0.25) is 0 Å². The lowest BCUT2D eigenvalue weighted by Gasteiger charge is -2.30. The summed E-state index contributed by atoms with van der Waals surface area (Å²) in [7, 11) is 0. The maximum absolute atomic E-state index is 13.1. The predicted octanol–water partition coefficient (Wildman–Crippen LogP) is 3.38. The predicted molar refractivity (Wildman–Crippen MR) is 124 cm³/mol. The number of benzene rings is 2. The number of nitrogens with two attached hydrogens (primary N) is 1. The standard InChI is InChI=1S/C24H27N5O3/c25-22(30)17-7-8-20(28-11-3-4-12-28)19(15-17)26-23(31)16-9-13-29(14-10-16)24-27-18-5-1-2-6-21(18)32-24/h1-2,5-8,15-16H,3-4,9-14H2,(H2,25,30)(H,26,31). The van der Waals surface area contributed by atoms with Crippen molar-refractivity contribution in [2.24, 2.45) is 11.7 Å². The Balaban J connectivity index is 1.27. The number of aromatic nitrogens is 1. The van der Waals surface area contributed by atoms with Gasteiger partial charge in [-0.2, -0.15) is 4.98 Å². The van der Waals surface area contributed by atoms with Crippen LogP contribution < -0.4 is 20.9 Å². The molecule has 0 unspecified atom stereocenters. The number of oxazole rings is 1. The second-order valence-electron chi connectivity index (χ2n) is 8.51. The van der Waals surface area contributed by atoms with E-state index >= 15 is 0 Å². The number of hydrogen-bond donors (Lipinski definition) is 2. The Morgan fingerprint density at radius 1 is 1.00 bits per heavy atom. The molecule has 8 heteroatoms. The van der Waals surface area contributed by atoms with Crippen LogP contribution >= 0.6 is 0 Å². The molecule has 3 N–H and O–H groups in total. The molecule has 3 heterocycles. The Kier molecular flexibility index (Phi) is 5.43. The van der Waals surface area contributed by atoms with Crippen LogP contribution in [0, 0.1) is 5.92 Å². The first-order valence-electron chi connectivity index (χ1n) is 11.2. The van der Waals surface area contributed by atoms with E-state index in [-0.39, 0.29) is 11.8 Å². The summed E-state index contributed by atoms with van der Waals surface area (Å²) in [6, 6.07) is 13.6. The van der Waals surface area contributed by atoms with Crippen molar-refractivity contribution in [1.82, 2.24) is 4.98 Å². The van der Waals surface area contributed by atoms with Gasteiger partial charge in [-0.1, -0.05) is 12.1 Å². The molecule has 166 valence electrons. The van der Waals surface area contributed by atoms with Gasteiger partial charge in [-0.3, -0.25) is 9.59 Å². The molecule has 2 aromatic carbocycles. The Morgan fingerprint density at radius 3 is 2.47 bits per heavy atom. The van der Waals surface area contributed by atoms with Crippen LogP contribution in [0.1, 0.15) is 36.0 Å². The van der Waals surface area contributed by atoms with Crippen LogP contribution in [0.5, 0.6) is 0 Å². The first-order valence-corrected chi connectivity index (χ1v) is 11.2. The van der Waals surface area contributed by atoms with E-state index in [0.29, 0.717) is 43.2 Å². The van der Waals surface area contributed by atoms with Gasteiger partial charge >= 0.3 is 0 Å². The smallest absolute Gasteiger partial charge is 0.298 e. The summed E-state index contributed by atoms with van der Waals surface area (Å²) in [6.07, 6.45) is 3.66. The lowest BCUT2D eigenvalue weighted by Crippen LogP contribution is -2.38. The first-order chi connectivity index (χ1) is 15.6. The zero-order valence-corrected chi connectivity index (χ0v) is 17.9. The third-order valence-corrected chi connectivity index (χ3v) is 6.40. The van der Waals surface area contributed by atoms with Crippen LogP contribution in [-0.4, -0.2) is 43.0 Å². The third kappa shape index (κ3) is 4.00. The number of rotatable bonds is 5. The molecule has 0 spiro atoms. The Bertz CT molecular complexity index is 1110. The molecular formula is C24H27N5O3. The molecule has 2 amide bonds. The van der Waals surface area contributed by atoms with Gasteiger partial charge in [0.15, 0.2) is 5.58 Å². The summed E-state index contributed by atoms with van der Waals surface area (Å²) < 4.78 is 5.87. The monoisotopic (exact) mass is 433 g/mol. The number of para-hydroxylation sites is 2. The van der Waals surface area contributed by atoms with Gasteiger partial charge in [0, 0.05) is 37.7 Å². The normalized spacial score (nSPS) is 17.1. The minimum absolute atomic E-state index is 0.0238. The molecule has 5 rings (SSSR count). The fourth-order valence-corrected chi connectivity index (χ4v) is 4.59. The Hall–Kier alpha value is -3.55. The van der Waals surface area contributed by atoms with Crippen molar-refractivity contribution in [2.45, 2.75) is 25.7 Å². The number of piperidine rings is 1. The highest BCUT2D eigenvalue weighted by atomic mass is 16.4. The molecule has 0 aliphatic carbocycles. The summed E-state index contributed by atoms with van der Waals surface area (Å²) in [4.78, 5) is 33.7. The number of primary amides is 1. The topological polar surface area (TPSA) is 105 Å². The van der Waals surface area contributed by atoms with E-state index in [0.717, 1.165) is 42.7 Å². The fourth-order valence-electron chi connectivity index (χ4n) is 4.59. The van der Waals surface area contributed by atoms with E-state index in [2.05, 4.69) is 20.1 Å². The van der Waals surface area contributed by atoms with Crippen LogP contribution in [0.25, 0.3) is 11.1 Å². The van der Waals surface area contributed by atoms with Crippen molar-refractivity contribution in [2.75, 3.05) is 41.3 Å². The molecule has 8 nitrogen and oxygen atoms in total. The number of carbonyl (C=O) groups excluding carboxylic acids is 2. The maximum atomic E-state index is 13.1. The van der Waals surface area contributed by atoms with Crippen molar-refractivity contribution in [3.63, 3.8) is 0 Å². The third-order valence-electron chi connectivity index (χ3n) is 6.40. The molecule has 2 aliphatic rings. The van der Waals surface area contributed by atoms with Crippen LogP contribution in [-0.2, 0) is 4.79 Å². The highest BCUT2D eigenvalue weighted by Crippen LogP contribution is 2.32. The zero-order valence-electron chi connectivity index (χ0n) is 17.9. The number of fused-ring (bicyclic) bond motifs is 1. The van der Waals surface area contributed by atoms with Gasteiger partial charge in [0.1, 0.15) is 5.52 Å². The molecule has 32 heavy (non-hydrogen) atoms. The molecule has 0 radical (unpaired) electrons. The van der Waals surface area contributed by atoms with Crippen LogP contribution in [0.4, 0.5) is 17.4 Å². The number of nitrogens with one attached hydrogen (secondary N) is 1. The molecule has 1 aromatic heterocycles. The Labute approximate surface area is 186 Å². The van der Waals surface area contributed by atoms with E-state index in [1.165, 1.54) is 0 Å². The summed E-state index contributed by atoms with van der Waals surface area (Å²) in [5.41, 5.74) is 9.09. The van der Waals surface area contributed by atoms with Crippen molar-refractivity contribution >= 4 is 40.3 Å². The van der Waals surface area contributed by atoms with Gasteiger partial charge in [-0.05, 0) is 56.0 Å².